The number of aryl methyl sites for hydroxylation is 2. The minimum absolute atomic E-state index is 0.275. The first-order chi connectivity index (χ1) is 5.99. The third-order valence-electron chi connectivity index (χ3n) is 1.82. The molecule has 0 aliphatic rings. The maximum atomic E-state index is 11.5. The van der Waals surface area contributed by atoms with Crippen LogP contribution in [0.1, 0.15) is 11.3 Å². The van der Waals surface area contributed by atoms with Crippen LogP contribution in [0.25, 0.3) is 0 Å². The molecule has 0 amide bonds. The summed E-state index contributed by atoms with van der Waals surface area (Å²) in [5, 5.41) is 0. The van der Waals surface area contributed by atoms with Crippen molar-refractivity contribution in [2.75, 3.05) is 7.05 Å². The van der Waals surface area contributed by atoms with Gasteiger partial charge in [0.05, 0.1) is 5.69 Å². The van der Waals surface area contributed by atoms with Crippen LogP contribution in [-0.2, 0) is 10.0 Å². The van der Waals surface area contributed by atoms with E-state index >= 15 is 0 Å². The first-order valence-corrected chi connectivity index (χ1v) is 5.33. The molecular weight excluding hydrogens is 188 g/mol. The number of nitrogens with one attached hydrogen (secondary N) is 1. The molecule has 1 rings (SSSR count). The topological polar surface area (TPSA) is 59.1 Å². The first-order valence-electron chi connectivity index (χ1n) is 3.85. The molecule has 5 heteroatoms. The number of hydrogen-bond donors (Lipinski definition) is 1. The van der Waals surface area contributed by atoms with Gasteiger partial charge in [-0.1, -0.05) is 0 Å². The summed E-state index contributed by atoms with van der Waals surface area (Å²) in [7, 11) is -1.98. The quantitative estimate of drug-likeness (QED) is 0.760. The number of hydrogen-bond acceptors (Lipinski definition) is 3. The van der Waals surface area contributed by atoms with Gasteiger partial charge in [-0.25, -0.2) is 13.1 Å². The number of pyridine rings is 1. The van der Waals surface area contributed by atoms with E-state index < -0.39 is 10.0 Å². The zero-order chi connectivity index (χ0) is 10.1. The third kappa shape index (κ3) is 1.87. The lowest BCUT2D eigenvalue weighted by Crippen LogP contribution is -2.21. The summed E-state index contributed by atoms with van der Waals surface area (Å²) < 4.78 is 25.3. The number of sulfonamides is 1. The van der Waals surface area contributed by atoms with Crippen LogP contribution in [-0.4, -0.2) is 20.4 Å². The van der Waals surface area contributed by atoms with Crippen molar-refractivity contribution in [3.63, 3.8) is 0 Å². The largest absolute Gasteiger partial charge is 0.260 e. The predicted molar refractivity (Wildman–Crippen MR) is 50.0 cm³/mol. The standard InChI is InChI=1S/C8H12N2O2S/c1-6-4-5-10-7(2)8(6)13(11,12)9-3/h4-5,9H,1-3H3. The molecule has 1 N–H and O–H groups in total. The van der Waals surface area contributed by atoms with Gasteiger partial charge in [-0.15, -0.1) is 0 Å². The Kier molecular flexibility index (Phi) is 2.68. The number of nitrogens with zero attached hydrogens (tertiary/aromatic N) is 1. The van der Waals surface area contributed by atoms with Crippen LogP contribution in [0.2, 0.25) is 0 Å². The first kappa shape index (κ1) is 10.1. The Morgan fingerprint density at radius 1 is 1.38 bits per heavy atom. The number of aromatic nitrogens is 1. The molecule has 0 spiro atoms. The second-order valence-corrected chi connectivity index (χ2v) is 4.57. The van der Waals surface area contributed by atoms with Crippen LogP contribution < -0.4 is 4.72 Å². The van der Waals surface area contributed by atoms with Crippen LogP contribution in [0.5, 0.6) is 0 Å². The summed E-state index contributed by atoms with van der Waals surface area (Å²) >= 11 is 0. The van der Waals surface area contributed by atoms with Gasteiger partial charge in [0.2, 0.25) is 10.0 Å². The van der Waals surface area contributed by atoms with E-state index in [0.29, 0.717) is 11.3 Å². The highest BCUT2D eigenvalue weighted by atomic mass is 32.2. The van der Waals surface area contributed by atoms with Crippen LogP contribution in [0, 0.1) is 13.8 Å². The minimum atomic E-state index is -3.37. The van der Waals surface area contributed by atoms with Gasteiger partial charge in [-0.2, -0.15) is 0 Å². The molecule has 1 aromatic heterocycles. The maximum absolute atomic E-state index is 11.5. The van der Waals surface area contributed by atoms with Crippen LogP contribution >= 0.6 is 0 Å². The maximum Gasteiger partial charge on any atom is 0.242 e. The van der Waals surface area contributed by atoms with Crippen LogP contribution in [0.3, 0.4) is 0 Å². The second-order valence-electron chi connectivity index (χ2n) is 2.75. The lowest BCUT2D eigenvalue weighted by molar-refractivity contribution is 0.586. The van der Waals surface area contributed by atoms with E-state index in [-0.39, 0.29) is 4.90 Å². The van der Waals surface area contributed by atoms with Crippen molar-refractivity contribution in [1.82, 2.24) is 9.71 Å². The van der Waals surface area contributed by atoms with Gasteiger partial charge in [0.25, 0.3) is 0 Å². The smallest absolute Gasteiger partial charge is 0.242 e. The van der Waals surface area contributed by atoms with Crippen molar-refractivity contribution < 1.29 is 8.42 Å². The van der Waals surface area contributed by atoms with E-state index in [1.165, 1.54) is 7.05 Å². The molecule has 0 bridgehead atoms. The Hall–Kier alpha value is -0.940. The van der Waals surface area contributed by atoms with E-state index in [9.17, 15) is 8.42 Å². The summed E-state index contributed by atoms with van der Waals surface area (Å²) in [6.07, 6.45) is 1.60. The van der Waals surface area contributed by atoms with Gasteiger partial charge >= 0.3 is 0 Å². The van der Waals surface area contributed by atoms with E-state index in [1.807, 2.05) is 0 Å². The monoisotopic (exact) mass is 200 g/mol. The average molecular weight is 200 g/mol. The summed E-state index contributed by atoms with van der Waals surface area (Å²) in [6, 6.07) is 1.68. The normalized spacial score (nSPS) is 11.6. The van der Waals surface area contributed by atoms with Crippen molar-refractivity contribution in [2.45, 2.75) is 18.7 Å². The molecule has 0 atom stereocenters. The molecule has 0 aliphatic heterocycles. The molecule has 72 valence electrons. The van der Waals surface area contributed by atoms with Crippen molar-refractivity contribution in [2.24, 2.45) is 0 Å². The van der Waals surface area contributed by atoms with Crippen molar-refractivity contribution in [3.05, 3.63) is 23.5 Å². The van der Waals surface area contributed by atoms with Gasteiger partial charge in [0.1, 0.15) is 4.90 Å². The molecule has 4 nitrogen and oxygen atoms in total. The molecule has 0 radical (unpaired) electrons. The van der Waals surface area contributed by atoms with Gasteiger partial charge < -0.3 is 0 Å². The molecule has 0 aromatic carbocycles. The van der Waals surface area contributed by atoms with Crippen molar-refractivity contribution >= 4 is 10.0 Å². The Morgan fingerprint density at radius 3 is 2.46 bits per heavy atom. The van der Waals surface area contributed by atoms with E-state index in [0.717, 1.165) is 0 Å². The SMILES string of the molecule is CNS(=O)(=O)c1c(C)ccnc1C. The molecule has 0 fully saturated rings. The summed E-state index contributed by atoms with van der Waals surface area (Å²) in [4.78, 5) is 4.21. The molecule has 1 heterocycles. The van der Waals surface area contributed by atoms with Crippen molar-refractivity contribution in [3.8, 4) is 0 Å². The van der Waals surface area contributed by atoms with E-state index in [1.54, 1.807) is 26.1 Å². The molecule has 0 unspecified atom stereocenters. The fraction of sp³-hybridized carbons (Fsp3) is 0.375. The second kappa shape index (κ2) is 3.43. The summed E-state index contributed by atoms with van der Waals surface area (Å²) in [6.45, 7) is 3.43. The van der Waals surface area contributed by atoms with Gasteiger partial charge in [0.15, 0.2) is 0 Å². The Bertz CT molecular complexity index is 392. The summed E-state index contributed by atoms with van der Waals surface area (Å²) in [5.41, 5.74) is 1.23. The molecule has 0 saturated carbocycles. The van der Waals surface area contributed by atoms with Crippen LogP contribution in [0.15, 0.2) is 17.2 Å². The van der Waals surface area contributed by atoms with Gasteiger partial charge in [-0.3, -0.25) is 4.98 Å². The minimum Gasteiger partial charge on any atom is -0.260 e. The van der Waals surface area contributed by atoms with Gasteiger partial charge in [-0.05, 0) is 32.5 Å². The lowest BCUT2D eigenvalue weighted by Gasteiger charge is -2.07. The Morgan fingerprint density at radius 2 is 2.00 bits per heavy atom. The molecule has 0 saturated heterocycles. The number of rotatable bonds is 2. The van der Waals surface area contributed by atoms with Crippen molar-refractivity contribution in [1.29, 1.82) is 0 Å². The zero-order valence-electron chi connectivity index (χ0n) is 7.83. The van der Waals surface area contributed by atoms with Gasteiger partial charge in [0, 0.05) is 6.20 Å². The predicted octanol–water partition coefficient (Wildman–Crippen LogP) is 0.607. The molecule has 1 aromatic rings. The van der Waals surface area contributed by atoms with E-state index in [4.69, 9.17) is 0 Å². The summed E-state index contributed by atoms with van der Waals surface area (Å²) in [5.74, 6) is 0. The molecular formula is C8H12N2O2S. The average Bonchev–Trinajstić information content (AvgIpc) is 2.03. The Balaban J connectivity index is 3.46. The highest BCUT2D eigenvalue weighted by Gasteiger charge is 2.17. The third-order valence-corrected chi connectivity index (χ3v) is 3.51. The fourth-order valence-corrected chi connectivity index (χ4v) is 2.33. The van der Waals surface area contributed by atoms with Crippen LogP contribution in [0.4, 0.5) is 0 Å². The molecule has 0 aliphatic carbocycles. The molecule has 13 heavy (non-hydrogen) atoms. The highest BCUT2D eigenvalue weighted by molar-refractivity contribution is 7.89. The zero-order valence-corrected chi connectivity index (χ0v) is 8.64. The Labute approximate surface area is 78.1 Å². The van der Waals surface area contributed by atoms with E-state index in [2.05, 4.69) is 9.71 Å². The lowest BCUT2D eigenvalue weighted by atomic mass is 10.2. The fourth-order valence-electron chi connectivity index (χ4n) is 1.19. The highest BCUT2D eigenvalue weighted by Crippen LogP contribution is 2.16.